The highest BCUT2D eigenvalue weighted by molar-refractivity contribution is 6.06. The molecule has 2 heterocycles. The van der Waals surface area contributed by atoms with E-state index < -0.39 is 5.97 Å². The van der Waals surface area contributed by atoms with Crippen molar-refractivity contribution in [3.05, 3.63) is 82.7 Å². The van der Waals surface area contributed by atoms with Crippen molar-refractivity contribution >= 4 is 23.6 Å². The molecule has 9 nitrogen and oxygen atoms in total. The number of para-hydroxylation sites is 1. The van der Waals surface area contributed by atoms with Gasteiger partial charge in [0.15, 0.2) is 0 Å². The van der Waals surface area contributed by atoms with E-state index >= 15 is 0 Å². The average Bonchev–Trinajstić information content (AvgIpc) is 3.21. The van der Waals surface area contributed by atoms with Gasteiger partial charge in [-0.2, -0.15) is 5.10 Å². The lowest BCUT2D eigenvalue weighted by atomic mass is 10.0. The fourth-order valence-corrected chi connectivity index (χ4v) is 4.33. The first kappa shape index (κ1) is 25.0. The van der Waals surface area contributed by atoms with E-state index in [0.717, 1.165) is 28.2 Å². The van der Waals surface area contributed by atoms with Gasteiger partial charge in [-0.25, -0.2) is 4.79 Å². The highest BCUT2D eigenvalue weighted by atomic mass is 16.5. The van der Waals surface area contributed by atoms with E-state index in [9.17, 15) is 14.4 Å². The predicted octanol–water partition coefficient (Wildman–Crippen LogP) is 3.21. The highest BCUT2D eigenvalue weighted by Crippen LogP contribution is 2.26. The lowest BCUT2D eigenvalue weighted by Gasteiger charge is -2.28. The predicted molar refractivity (Wildman–Crippen MR) is 135 cm³/mol. The summed E-state index contributed by atoms with van der Waals surface area (Å²) in [5.41, 5.74) is 5.14. The molecule has 188 valence electrons. The molecule has 3 amide bonds. The summed E-state index contributed by atoms with van der Waals surface area (Å²) in [6.45, 7) is 4.90. The van der Waals surface area contributed by atoms with Crippen molar-refractivity contribution in [2.24, 2.45) is 7.05 Å². The lowest BCUT2D eigenvalue weighted by molar-refractivity contribution is -0.141. The molecule has 0 unspecified atom stereocenters. The second-order valence-corrected chi connectivity index (χ2v) is 8.72. The Hall–Kier alpha value is -4.14. The van der Waals surface area contributed by atoms with Crippen molar-refractivity contribution in [3.8, 4) is 0 Å². The Bertz CT molecular complexity index is 1240. The van der Waals surface area contributed by atoms with Gasteiger partial charge in [0.25, 0.3) is 5.91 Å². The smallest absolute Gasteiger partial charge is 0.325 e. The first-order chi connectivity index (χ1) is 17.4. The van der Waals surface area contributed by atoms with E-state index in [2.05, 4.69) is 5.32 Å². The van der Waals surface area contributed by atoms with Gasteiger partial charge in [0.2, 0.25) is 0 Å². The number of aromatic nitrogens is 2. The Morgan fingerprint density at radius 3 is 2.50 bits per heavy atom. The molecular formula is C27H31N5O4. The number of carbonyl (C=O) groups excluding carboxylic acids is 3. The van der Waals surface area contributed by atoms with Crippen LogP contribution < -0.4 is 10.2 Å². The maximum absolute atomic E-state index is 13.6. The molecule has 0 atom stereocenters. The van der Waals surface area contributed by atoms with Crippen LogP contribution in [0.5, 0.6) is 0 Å². The van der Waals surface area contributed by atoms with Crippen LogP contribution in [0.4, 0.5) is 10.5 Å². The summed E-state index contributed by atoms with van der Waals surface area (Å²) in [6, 6.07) is 16.7. The molecule has 36 heavy (non-hydrogen) atoms. The van der Waals surface area contributed by atoms with Gasteiger partial charge in [-0.15, -0.1) is 0 Å². The zero-order valence-electron chi connectivity index (χ0n) is 20.9. The number of nitrogens with one attached hydrogen (secondary N) is 1. The number of anilines is 1. The fourth-order valence-electron chi connectivity index (χ4n) is 4.33. The number of esters is 1. The van der Waals surface area contributed by atoms with Crippen LogP contribution in [0, 0.1) is 6.92 Å². The molecule has 0 saturated heterocycles. The van der Waals surface area contributed by atoms with Crippen molar-refractivity contribution in [2.45, 2.75) is 33.4 Å². The second kappa shape index (κ2) is 11.1. The summed E-state index contributed by atoms with van der Waals surface area (Å²) < 4.78 is 6.72. The van der Waals surface area contributed by atoms with Crippen LogP contribution in [0.25, 0.3) is 0 Å². The topological polar surface area (TPSA) is 96.8 Å². The Morgan fingerprint density at radius 2 is 1.81 bits per heavy atom. The molecule has 0 saturated carbocycles. The molecular weight excluding hydrogens is 458 g/mol. The minimum atomic E-state index is -0.473. The van der Waals surface area contributed by atoms with Gasteiger partial charge >= 0.3 is 12.0 Å². The number of fused-ring (bicyclic) bond motifs is 1. The number of benzene rings is 2. The van der Waals surface area contributed by atoms with Gasteiger partial charge in [-0.1, -0.05) is 35.9 Å². The minimum Gasteiger partial charge on any atom is -0.465 e. The zero-order chi connectivity index (χ0) is 25.7. The summed E-state index contributed by atoms with van der Waals surface area (Å²) in [5.74, 6) is -0.598. The number of nitrogens with zero attached hydrogens (tertiary/aromatic N) is 4. The molecule has 1 aliphatic rings. The number of amides is 3. The number of rotatable bonds is 7. The molecule has 9 heteroatoms. The minimum absolute atomic E-state index is 0.125. The van der Waals surface area contributed by atoms with Crippen LogP contribution in [0.15, 0.2) is 54.6 Å². The Labute approximate surface area is 210 Å². The summed E-state index contributed by atoms with van der Waals surface area (Å²) in [6.07, 6.45) is 0.628. The fraction of sp³-hybridized carbons (Fsp3) is 0.333. The third kappa shape index (κ3) is 5.56. The molecule has 0 fully saturated rings. The van der Waals surface area contributed by atoms with E-state index in [1.807, 2.05) is 73.3 Å². The SMILES string of the molecule is CCOC(=O)CNC(=O)N1CCc2c(c(CN(C(=O)c3ccc(C)cc3)c3ccccc3)nn2C)C1. The van der Waals surface area contributed by atoms with Crippen LogP contribution >= 0.6 is 0 Å². The molecule has 0 spiro atoms. The molecule has 1 N–H and O–H groups in total. The summed E-state index contributed by atoms with van der Waals surface area (Å²) in [7, 11) is 1.88. The maximum Gasteiger partial charge on any atom is 0.325 e. The van der Waals surface area contributed by atoms with E-state index in [-0.39, 0.29) is 31.6 Å². The van der Waals surface area contributed by atoms with Crippen molar-refractivity contribution in [1.29, 1.82) is 0 Å². The number of aryl methyl sites for hydroxylation is 2. The van der Waals surface area contributed by atoms with E-state index in [1.165, 1.54) is 0 Å². The molecule has 2 aromatic carbocycles. The van der Waals surface area contributed by atoms with Crippen molar-refractivity contribution in [3.63, 3.8) is 0 Å². The van der Waals surface area contributed by atoms with Crippen molar-refractivity contribution in [2.75, 3.05) is 24.6 Å². The molecule has 0 aliphatic carbocycles. The second-order valence-electron chi connectivity index (χ2n) is 8.72. The first-order valence-electron chi connectivity index (χ1n) is 12.0. The molecule has 4 rings (SSSR count). The van der Waals surface area contributed by atoms with E-state index in [0.29, 0.717) is 25.1 Å². The van der Waals surface area contributed by atoms with Gasteiger partial charge in [0.05, 0.1) is 25.4 Å². The normalized spacial score (nSPS) is 12.6. The number of ether oxygens (including phenoxy) is 1. The van der Waals surface area contributed by atoms with Crippen molar-refractivity contribution in [1.82, 2.24) is 20.0 Å². The van der Waals surface area contributed by atoms with Crippen LogP contribution in [0.2, 0.25) is 0 Å². The third-order valence-electron chi connectivity index (χ3n) is 6.22. The molecule has 1 aliphatic heterocycles. The van der Waals surface area contributed by atoms with Gasteiger partial charge in [-0.05, 0) is 38.1 Å². The Kier molecular flexibility index (Phi) is 7.68. The maximum atomic E-state index is 13.6. The van der Waals surface area contributed by atoms with Gasteiger partial charge in [0.1, 0.15) is 6.54 Å². The van der Waals surface area contributed by atoms with Gasteiger partial charge in [-0.3, -0.25) is 14.3 Å². The first-order valence-corrected chi connectivity index (χ1v) is 12.0. The summed E-state index contributed by atoms with van der Waals surface area (Å²) >= 11 is 0. The Morgan fingerprint density at radius 1 is 1.08 bits per heavy atom. The lowest BCUT2D eigenvalue weighted by Crippen LogP contribution is -2.45. The quantitative estimate of drug-likeness (QED) is 0.514. The van der Waals surface area contributed by atoms with Gasteiger partial charge < -0.3 is 19.9 Å². The van der Waals surface area contributed by atoms with Crippen LogP contribution in [0.3, 0.4) is 0 Å². The largest absolute Gasteiger partial charge is 0.465 e. The molecule has 0 bridgehead atoms. The standard InChI is InChI=1S/C27H31N5O4/c1-4-36-25(33)16-28-27(35)31-15-14-24-22(17-31)23(29-30(24)3)18-32(21-8-6-5-7-9-21)26(34)20-12-10-19(2)11-13-20/h5-13H,4,14-18H2,1-3H3,(H,28,35). The number of hydrogen-bond acceptors (Lipinski definition) is 5. The zero-order valence-corrected chi connectivity index (χ0v) is 20.9. The van der Waals surface area contributed by atoms with Crippen LogP contribution in [-0.4, -0.2) is 52.3 Å². The number of hydrogen-bond donors (Lipinski definition) is 1. The van der Waals surface area contributed by atoms with Crippen LogP contribution in [-0.2, 0) is 36.1 Å². The highest BCUT2D eigenvalue weighted by Gasteiger charge is 2.29. The third-order valence-corrected chi connectivity index (χ3v) is 6.22. The number of carbonyl (C=O) groups is 3. The van der Waals surface area contributed by atoms with E-state index in [1.54, 1.807) is 16.7 Å². The Balaban J connectivity index is 1.57. The van der Waals surface area contributed by atoms with Crippen molar-refractivity contribution < 1.29 is 19.1 Å². The molecule has 0 radical (unpaired) electrons. The number of urea groups is 1. The summed E-state index contributed by atoms with van der Waals surface area (Å²) in [5, 5.41) is 7.36. The monoisotopic (exact) mass is 489 g/mol. The van der Waals surface area contributed by atoms with Crippen LogP contribution in [0.1, 0.15) is 39.8 Å². The summed E-state index contributed by atoms with van der Waals surface area (Å²) in [4.78, 5) is 41.3. The van der Waals surface area contributed by atoms with Gasteiger partial charge in [0, 0.05) is 42.5 Å². The molecule has 3 aromatic rings. The van der Waals surface area contributed by atoms with E-state index in [4.69, 9.17) is 9.84 Å². The molecule has 1 aromatic heterocycles. The average molecular weight is 490 g/mol.